The zero-order valence-corrected chi connectivity index (χ0v) is 10.4. The van der Waals surface area contributed by atoms with Gasteiger partial charge in [-0.25, -0.2) is 4.98 Å². The van der Waals surface area contributed by atoms with Crippen LogP contribution in [0.15, 0.2) is 18.3 Å². The first-order valence-electron chi connectivity index (χ1n) is 5.70. The van der Waals surface area contributed by atoms with Gasteiger partial charge in [0, 0.05) is 12.7 Å². The van der Waals surface area contributed by atoms with Gasteiger partial charge in [-0.2, -0.15) is 0 Å². The summed E-state index contributed by atoms with van der Waals surface area (Å²) in [6.07, 6.45) is 3.03. The Kier molecular flexibility index (Phi) is 3.66. The van der Waals surface area contributed by atoms with Crippen molar-refractivity contribution in [1.82, 2.24) is 4.98 Å². The lowest BCUT2D eigenvalue weighted by molar-refractivity contribution is 0.0296. The molecule has 16 heavy (non-hydrogen) atoms. The molecule has 2 unspecified atom stereocenters. The highest BCUT2D eigenvalue weighted by atomic mass is 35.5. The first kappa shape index (κ1) is 11.7. The number of anilines is 1. The molecule has 1 aliphatic rings. The molecule has 3 nitrogen and oxygen atoms in total. The van der Waals surface area contributed by atoms with Crippen LogP contribution in [0.1, 0.15) is 20.3 Å². The molecule has 0 aliphatic carbocycles. The molecule has 1 aliphatic heterocycles. The fourth-order valence-electron chi connectivity index (χ4n) is 2.00. The van der Waals surface area contributed by atoms with Gasteiger partial charge in [-0.05, 0) is 25.5 Å². The third-order valence-electron chi connectivity index (χ3n) is 2.95. The molecule has 1 saturated heterocycles. The van der Waals surface area contributed by atoms with Gasteiger partial charge < -0.3 is 9.64 Å². The van der Waals surface area contributed by atoms with Crippen LogP contribution >= 0.6 is 11.6 Å². The summed E-state index contributed by atoms with van der Waals surface area (Å²) in [5, 5.41) is 0.679. The molecular formula is C12H17ClN2O. The third-order valence-corrected chi connectivity index (χ3v) is 3.17. The van der Waals surface area contributed by atoms with Crippen molar-refractivity contribution in [2.75, 3.05) is 18.1 Å². The minimum atomic E-state index is 0.264. The Morgan fingerprint density at radius 1 is 1.56 bits per heavy atom. The van der Waals surface area contributed by atoms with Crippen LogP contribution in [0.4, 0.5) is 5.82 Å². The van der Waals surface area contributed by atoms with Crippen molar-refractivity contribution in [2.45, 2.75) is 32.4 Å². The summed E-state index contributed by atoms with van der Waals surface area (Å²) in [6, 6.07) is 4.28. The van der Waals surface area contributed by atoms with Crippen molar-refractivity contribution < 1.29 is 4.74 Å². The van der Waals surface area contributed by atoms with Crippen LogP contribution in [0.5, 0.6) is 0 Å². The lowest BCUT2D eigenvalue weighted by Crippen LogP contribution is -2.49. The second-order valence-corrected chi connectivity index (χ2v) is 4.63. The van der Waals surface area contributed by atoms with E-state index in [0.717, 1.165) is 25.4 Å². The van der Waals surface area contributed by atoms with Crippen molar-refractivity contribution >= 4 is 17.4 Å². The first-order chi connectivity index (χ1) is 7.70. The molecule has 2 heterocycles. The first-order valence-corrected chi connectivity index (χ1v) is 6.08. The smallest absolute Gasteiger partial charge is 0.128 e. The predicted molar refractivity (Wildman–Crippen MR) is 66.1 cm³/mol. The summed E-state index contributed by atoms with van der Waals surface area (Å²) in [5.74, 6) is 0.992. The average molecular weight is 241 g/mol. The Morgan fingerprint density at radius 2 is 2.38 bits per heavy atom. The Hall–Kier alpha value is -0.800. The Balaban J connectivity index is 2.18. The highest BCUT2D eigenvalue weighted by Crippen LogP contribution is 2.22. The fourth-order valence-corrected chi connectivity index (χ4v) is 2.11. The highest BCUT2D eigenvalue weighted by molar-refractivity contribution is 6.30. The Bertz CT molecular complexity index is 341. The van der Waals surface area contributed by atoms with E-state index in [9.17, 15) is 0 Å². The number of pyridine rings is 1. The number of hydrogen-bond donors (Lipinski definition) is 0. The monoisotopic (exact) mass is 240 g/mol. The van der Waals surface area contributed by atoms with Gasteiger partial charge in [0.2, 0.25) is 0 Å². The zero-order chi connectivity index (χ0) is 11.5. The molecule has 0 amide bonds. The van der Waals surface area contributed by atoms with Gasteiger partial charge in [-0.3, -0.25) is 0 Å². The third kappa shape index (κ3) is 2.47. The van der Waals surface area contributed by atoms with Gasteiger partial charge in [0.15, 0.2) is 0 Å². The average Bonchev–Trinajstić information content (AvgIpc) is 2.30. The van der Waals surface area contributed by atoms with E-state index in [1.807, 2.05) is 12.1 Å². The fraction of sp³-hybridized carbons (Fsp3) is 0.583. The van der Waals surface area contributed by atoms with E-state index in [1.54, 1.807) is 6.20 Å². The maximum absolute atomic E-state index is 5.84. The molecule has 1 aromatic heterocycles. The van der Waals surface area contributed by atoms with Crippen molar-refractivity contribution in [3.63, 3.8) is 0 Å². The summed E-state index contributed by atoms with van der Waals surface area (Å²) in [4.78, 5) is 6.68. The number of halogens is 1. The number of ether oxygens (including phenoxy) is 1. The number of hydrogen-bond acceptors (Lipinski definition) is 3. The highest BCUT2D eigenvalue weighted by Gasteiger charge is 2.26. The predicted octanol–water partition coefficient (Wildman–Crippen LogP) is 2.74. The molecule has 88 valence electrons. The van der Waals surface area contributed by atoms with E-state index in [1.165, 1.54) is 0 Å². The minimum Gasteiger partial charge on any atom is -0.375 e. The molecular weight excluding hydrogens is 224 g/mol. The lowest BCUT2D eigenvalue weighted by Gasteiger charge is -2.39. The maximum Gasteiger partial charge on any atom is 0.128 e. The standard InChI is InChI=1S/C12H17ClN2O/c1-3-11-8-16-9(2)7-15(11)12-5-4-10(13)6-14-12/h4-6,9,11H,3,7-8H2,1-2H3. The Morgan fingerprint density at radius 3 is 3.00 bits per heavy atom. The van der Waals surface area contributed by atoms with E-state index < -0.39 is 0 Å². The Labute approximate surface area is 101 Å². The molecule has 0 N–H and O–H groups in total. The van der Waals surface area contributed by atoms with Crippen molar-refractivity contribution in [1.29, 1.82) is 0 Å². The summed E-state index contributed by atoms with van der Waals surface area (Å²) >= 11 is 5.84. The SMILES string of the molecule is CCC1COC(C)CN1c1ccc(Cl)cn1. The normalized spacial score (nSPS) is 25.8. The molecule has 0 aromatic carbocycles. The molecule has 0 spiro atoms. The zero-order valence-electron chi connectivity index (χ0n) is 9.69. The van der Waals surface area contributed by atoms with Crippen molar-refractivity contribution in [3.05, 3.63) is 23.4 Å². The van der Waals surface area contributed by atoms with Crippen LogP contribution in [0.3, 0.4) is 0 Å². The number of rotatable bonds is 2. The summed E-state index contributed by atoms with van der Waals surface area (Å²) in [7, 11) is 0. The summed E-state index contributed by atoms with van der Waals surface area (Å²) < 4.78 is 5.66. The number of aromatic nitrogens is 1. The van der Waals surface area contributed by atoms with Crippen LogP contribution < -0.4 is 4.90 Å². The van der Waals surface area contributed by atoms with Crippen LogP contribution in [0, 0.1) is 0 Å². The van der Waals surface area contributed by atoms with E-state index >= 15 is 0 Å². The van der Waals surface area contributed by atoms with Gasteiger partial charge in [-0.15, -0.1) is 0 Å². The van der Waals surface area contributed by atoms with Crippen LogP contribution in [0.2, 0.25) is 5.02 Å². The van der Waals surface area contributed by atoms with Gasteiger partial charge >= 0.3 is 0 Å². The molecule has 2 rings (SSSR count). The minimum absolute atomic E-state index is 0.264. The molecule has 2 atom stereocenters. The molecule has 0 bridgehead atoms. The molecule has 0 saturated carbocycles. The molecule has 1 fully saturated rings. The van der Waals surface area contributed by atoms with E-state index in [4.69, 9.17) is 16.3 Å². The molecule has 4 heteroatoms. The largest absolute Gasteiger partial charge is 0.375 e. The summed E-state index contributed by atoms with van der Waals surface area (Å²) in [5.41, 5.74) is 0. The van der Waals surface area contributed by atoms with E-state index in [-0.39, 0.29) is 6.10 Å². The van der Waals surface area contributed by atoms with Gasteiger partial charge in [-0.1, -0.05) is 18.5 Å². The maximum atomic E-state index is 5.84. The van der Waals surface area contributed by atoms with Gasteiger partial charge in [0.25, 0.3) is 0 Å². The van der Waals surface area contributed by atoms with Crippen LogP contribution in [0.25, 0.3) is 0 Å². The van der Waals surface area contributed by atoms with Crippen LogP contribution in [-0.4, -0.2) is 30.3 Å². The van der Waals surface area contributed by atoms with Crippen molar-refractivity contribution in [3.8, 4) is 0 Å². The second-order valence-electron chi connectivity index (χ2n) is 4.19. The summed E-state index contributed by atoms with van der Waals surface area (Å²) in [6.45, 7) is 5.94. The number of morpholine rings is 1. The molecule has 0 radical (unpaired) electrons. The van der Waals surface area contributed by atoms with Gasteiger partial charge in [0.1, 0.15) is 5.82 Å². The van der Waals surface area contributed by atoms with Gasteiger partial charge in [0.05, 0.1) is 23.8 Å². The second kappa shape index (κ2) is 5.02. The lowest BCUT2D eigenvalue weighted by atomic mass is 10.1. The topological polar surface area (TPSA) is 25.4 Å². The van der Waals surface area contributed by atoms with E-state index in [2.05, 4.69) is 23.7 Å². The van der Waals surface area contributed by atoms with Crippen molar-refractivity contribution in [2.24, 2.45) is 0 Å². The van der Waals surface area contributed by atoms with E-state index in [0.29, 0.717) is 11.1 Å². The number of nitrogens with zero attached hydrogens (tertiary/aromatic N) is 2. The van der Waals surface area contributed by atoms with Crippen LogP contribution in [-0.2, 0) is 4.74 Å². The quantitative estimate of drug-likeness (QED) is 0.795. The molecule has 1 aromatic rings.